The van der Waals surface area contributed by atoms with Gasteiger partial charge in [0, 0.05) is 11.1 Å². The highest BCUT2D eigenvalue weighted by atomic mass is 19.3. The second kappa shape index (κ2) is 9.09. The van der Waals surface area contributed by atoms with Crippen molar-refractivity contribution in [2.75, 3.05) is 0 Å². The largest absolute Gasteiger partial charge is 0.435 e. The highest BCUT2D eigenvalue weighted by Crippen LogP contribution is 2.32. The van der Waals surface area contributed by atoms with E-state index in [9.17, 15) is 22.0 Å². The molecule has 0 spiro atoms. The molecule has 0 N–H and O–H groups in total. The van der Waals surface area contributed by atoms with E-state index >= 15 is 0 Å². The van der Waals surface area contributed by atoms with E-state index in [2.05, 4.69) is 14.6 Å². The van der Waals surface area contributed by atoms with Gasteiger partial charge in [-0.05, 0) is 54.6 Å². The van der Waals surface area contributed by atoms with E-state index in [-0.39, 0.29) is 11.5 Å². The molecule has 0 saturated carbocycles. The molecule has 0 bridgehead atoms. The Bertz CT molecular complexity index is 1210. The Morgan fingerprint density at radius 3 is 1.84 bits per heavy atom. The van der Waals surface area contributed by atoms with E-state index in [0.717, 1.165) is 0 Å². The summed E-state index contributed by atoms with van der Waals surface area (Å²) in [6, 6.07) is 19.2. The van der Waals surface area contributed by atoms with Crippen molar-refractivity contribution in [3.63, 3.8) is 0 Å². The average Bonchev–Trinajstić information content (AvgIpc) is 3.19. The van der Waals surface area contributed by atoms with Crippen LogP contribution in [-0.2, 0) is 0 Å². The lowest BCUT2D eigenvalue weighted by molar-refractivity contribution is -0.0505. The Balaban J connectivity index is 1.82. The van der Waals surface area contributed by atoms with Gasteiger partial charge in [0.2, 0.25) is 0 Å². The molecule has 1 heterocycles. The van der Waals surface area contributed by atoms with Gasteiger partial charge in [-0.2, -0.15) is 22.7 Å². The van der Waals surface area contributed by atoms with Crippen molar-refractivity contribution in [1.29, 1.82) is 0 Å². The van der Waals surface area contributed by atoms with Crippen molar-refractivity contribution in [1.82, 2.24) is 9.78 Å². The lowest BCUT2D eigenvalue weighted by Gasteiger charge is -2.09. The van der Waals surface area contributed by atoms with Crippen molar-refractivity contribution in [3.05, 3.63) is 84.7 Å². The predicted octanol–water partition coefficient (Wildman–Crippen LogP) is 6.55. The Morgan fingerprint density at radius 2 is 1.25 bits per heavy atom. The van der Waals surface area contributed by atoms with Gasteiger partial charge in [0.25, 0.3) is 0 Å². The van der Waals surface area contributed by atoms with Gasteiger partial charge < -0.3 is 9.47 Å². The minimum Gasteiger partial charge on any atom is -0.435 e. The summed E-state index contributed by atoms with van der Waals surface area (Å²) in [6.07, 6.45) is 0. The second-order valence-corrected chi connectivity index (χ2v) is 6.62. The van der Waals surface area contributed by atoms with E-state index < -0.39 is 19.0 Å². The number of hydrogen-bond donors (Lipinski definition) is 0. The number of rotatable bonds is 7. The summed E-state index contributed by atoms with van der Waals surface area (Å²) < 4.78 is 74.3. The van der Waals surface area contributed by atoms with Crippen molar-refractivity contribution < 1.29 is 31.4 Å². The second-order valence-electron chi connectivity index (χ2n) is 6.62. The van der Waals surface area contributed by atoms with Gasteiger partial charge in [-0.3, -0.25) is 0 Å². The molecule has 0 atom stereocenters. The molecule has 4 aromatic rings. The Kier molecular flexibility index (Phi) is 6.07. The molecule has 0 radical (unpaired) electrons. The topological polar surface area (TPSA) is 36.3 Å². The average molecular weight is 446 g/mol. The molecule has 4 rings (SSSR count). The maximum atomic E-state index is 13.4. The third-order valence-corrected chi connectivity index (χ3v) is 4.49. The van der Waals surface area contributed by atoms with Gasteiger partial charge in [0.15, 0.2) is 0 Å². The van der Waals surface area contributed by atoms with E-state index in [0.29, 0.717) is 28.2 Å². The van der Waals surface area contributed by atoms with Gasteiger partial charge in [-0.1, -0.05) is 24.3 Å². The molecular weight excluding hydrogens is 431 g/mol. The number of nitrogens with zero attached hydrogens (tertiary/aromatic N) is 2. The molecule has 0 amide bonds. The molecule has 0 aliphatic rings. The molecule has 0 aliphatic heterocycles. The zero-order valence-electron chi connectivity index (χ0n) is 16.3. The molecule has 0 saturated heterocycles. The number of hydrogen-bond acceptors (Lipinski definition) is 3. The highest BCUT2D eigenvalue weighted by molar-refractivity contribution is 5.72. The highest BCUT2D eigenvalue weighted by Gasteiger charge is 2.16. The van der Waals surface area contributed by atoms with Crippen LogP contribution in [0.25, 0.3) is 28.2 Å². The molecule has 3 aromatic carbocycles. The van der Waals surface area contributed by atoms with Crippen molar-refractivity contribution in [2.24, 2.45) is 0 Å². The quantitative estimate of drug-likeness (QED) is 0.302. The minimum absolute atomic E-state index is 0.0392. The summed E-state index contributed by atoms with van der Waals surface area (Å²) >= 11 is 0. The number of benzene rings is 3. The van der Waals surface area contributed by atoms with Crippen LogP contribution in [0.3, 0.4) is 0 Å². The summed E-state index contributed by atoms with van der Waals surface area (Å²) in [5, 5.41) is 4.53. The number of ether oxygens (including phenoxy) is 2. The number of aromatic nitrogens is 2. The first-order valence-electron chi connectivity index (χ1n) is 9.35. The van der Waals surface area contributed by atoms with Crippen LogP contribution in [0.4, 0.5) is 22.0 Å². The lowest BCUT2D eigenvalue weighted by Crippen LogP contribution is -2.03. The fourth-order valence-electron chi connectivity index (χ4n) is 3.17. The van der Waals surface area contributed by atoms with Gasteiger partial charge in [-0.25, -0.2) is 9.07 Å². The zero-order valence-corrected chi connectivity index (χ0v) is 16.3. The molecule has 9 heteroatoms. The third kappa shape index (κ3) is 4.88. The van der Waals surface area contributed by atoms with E-state index in [1.807, 2.05) is 0 Å². The monoisotopic (exact) mass is 446 g/mol. The SMILES string of the molecule is Fc1ccc(-n2nc(-c3cccc(OC(F)F)c3)cc2-c2cccc(OC(F)F)c2)cc1. The molecule has 1 aromatic heterocycles. The predicted molar refractivity (Wildman–Crippen MR) is 108 cm³/mol. The van der Waals surface area contributed by atoms with Gasteiger partial charge in [0.05, 0.1) is 17.1 Å². The summed E-state index contributed by atoms with van der Waals surface area (Å²) in [5.41, 5.74) is 2.40. The molecule has 0 fully saturated rings. The van der Waals surface area contributed by atoms with Crippen LogP contribution in [-0.4, -0.2) is 23.0 Å². The summed E-state index contributed by atoms with van der Waals surface area (Å²) in [5.74, 6) is -0.521. The minimum atomic E-state index is -2.99. The third-order valence-electron chi connectivity index (χ3n) is 4.49. The Hall–Kier alpha value is -3.88. The summed E-state index contributed by atoms with van der Waals surface area (Å²) in [7, 11) is 0. The summed E-state index contributed by atoms with van der Waals surface area (Å²) in [4.78, 5) is 0. The molecule has 32 heavy (non-hydrogen) atoms. The van der Waals surface area contributed by atoms with Gasteiger partial charge >= 0.3 is 13.2 Å². The van der Waals surface area contributed by atoms with Crippen LogP contribution in [0.15, 0.2) is 78.9 Å². The van der Waals surface area contributed by atoms with Crippen LogP contribution in [0.5, 0.6) is 11.5 Å². The zero-order chi connectivity index (χ0) is 22.7. The van der Waals surface area contributed by atoms with Crippen LogP contribution in [0.2, 0.25) is 0 Å². The molecule has 0 unspecified atom stereocenters. The lowest BCUT2D eigenvalue weighted by atomic mass is 10.1. The van der Waals surface area contributed by atoms with E-state index in [1.165, 1.54) is 53.2 Å². The number of alkyl halides is 4. The maximum Gasteiger partial charge on any atom is 0.387 e. The maximum absolute atomic E-state index is 13.4. The fourth-order valence-corrected chi connectivity index (χ4v) is 3.17. The Labute approximate surface area is 179 Å². The van der Waals surface area contributed by atoms with Gasteiger partial charge in [-0.15, -0.1) is 0 Å². The Morgan fingerprint density at radius 1 is 0.688 bits per heavy atom. The molecule has 164 valence electrons. The van der Waals surface area contributed by atoms with Crippen LogP contribution in [0, 0.1) is 5.82 Å². The first kappa shape index (κ1) is 21.4. The molecular formula is C23H15F5N2O2. The van der Waals surface area contributed by atoms with Crippen LogP contribution < -0.4 is 9.47 Å². The van der Waals surface area contributed by atoms with Gasteiger partial charge in [0.1, 0.15) is 17.3 Å². The first-order chi connectivity index (χ1) is 15.4. The van der Waals surface area contributed by atoms with Crippen LogP contribution in [0.1, 0.15) is 0 Å². The van der Waals surface area contributed by atoms with E-state index in [1.54, 1.807) is 30.3 Å². The van der Waals surface area contributed by atoms with Crippen molar-refractivity contribution in [3.8, 4) is 39.7 Å². The molecule has 0 aliphatic carbocycles. The molecule has 4 nitrogen and oxygen atoms in total. The fraction of sp³-hybridized carbons (Fsp3) is 0.0870. The first-order valence-corrected chi connectivity index (χ1v) is 9.35. The normalized spacial score (nSPS) is 11.2. The van der Waals surface area contributed by atoms with Crippen molar-refractivity contribution in [2.45, 2.75) is 13.2 Å². The van der Waals surface area contributed by atoms with Crippen LogP contribution >= 0.6 is 0 Å². The number of halogens is 5. The standard InChI is InChI=1S/C23H15F5N2O2/c24-16-7-9-17(10-8-16)30-21(15-4-2-6-19(12-15)32-23(27)28)13-20(29-30)14-3-1-5-18(11-14)31-22(25)26/h1-13,22-23H. The summed E-state index contributed by atoms with van der Waals surface area (Å²) in [6.45, 7) is -5.96. The van der Waals surface area contributed by atoms with Crippen molar-refractivity contribution >= 4 is 0 Å². The smallest absolute Gasteiger partial charge is 0.387 e. The van der Waals surface area contributed by atoms with E-state index in [4.69, 9.17) is 0 Å².